The van der Waals surface area contributed by atoms with Crippen LogP contribution >= 0.6 is 0 Å². The number of ether oxygens (including phenoxy) is 1. The second kappa shape index (κ2) is 7.17. The molecule has 2 aliphatic rings. The highest BCUT2D eigenvalue weighted by Crippen LogP contribution is 2.27. The predicted molar refractivity (Wildman–Crippen MR) is 98.9 cm³/mol. The summed E-state index contributed by atoms with van der Waals surface area (Å²) in [5.74, 6) is 1.90. The Morgan fingerprint density at radius 3 is 2.69 bits per heavy atom. The van der Waals surface area contributed by atoms with E-state index in [9.17, 15) is 4.79 Å². The van der Waals surface area contributed by atoms with Crippen molar-refractivity contribution in [3.63, 3.8) is 0 Å². The van der Waals surface area contributed by atoms with Crippen LogP contribution in [0.25, 0.3) is 11.4 Å². The molecule has 2 aromatic rings. The number of hydrogen-bond donors (Lipinski definition) is 2. The van der Waals surface area contributed by atoms with Crippen LogP contribution in [0.3, 0.4) is 0 Å². The minimum Gasteiger partial charge on any atom is -0.368 e. The Morgan fingerprint density at radius 1 is 1.19 bits per heavy atom. The molecule has 1 fully saturated rings. The number of carbonyl (C=O) groups is 1. The van der Waals surface area contributed by atoms with E-state index in [1.165, 1.54) is 12.8 Å². The van der Waals surface area contributed by atoms with Gasteiger partial charge >= 0.3 is 0 Å². The molecule has 0 spiro atoms. The van der Waals surface area contributed by atoms with Crippen molar-refractivity contribution in [2.45, 2.75) is 44.2 Å². The highest BCUT2D eigenvalue weighted by molar-refractivity contribution is 5.97. The van der Waals surface area contributed by atoms with E-state index < -0.39 is 5.60 Å². The van der Waals surface area contributed by atoms with Crippen molar-refractivity contribution in [1.29, 1.82) is 0 Å². The summed E-state index contributed by atoms with van der Waals surface area (Å²) in [5.41, 5.74) is 1.05. The van der Waals surface area contributed by atoms with Gasteiger partial charge in [-0.05, 0) is 63.0 Å². The second-order valence-electron chi connectivity index (χ2n) is 7.03. The summed E-state index contributed by atoms with van der Waals surface area (Å²) in [7, 11) is 1.61. The summed E-state index contributed by atoms with van der Waals surface area (Å²) in [5, 5.41) is 14.9. The number of aryl methyl sites for hydroxylation is 1. The zero-order valence-corrected chi connectivity index (χ0v) is 15.1. The number of rotatable bonds is 4. The Labute approximate surface area is 153 Å². The molecule has 2 N–H and O–H groups in total. The largest absolute Gasteiger partial charge is 0.368 e. The van der Waals surface area contributed by atoms with Crippen molar-refractivity contribution in [2.75, 3.05) is 25.5 Å². The Morgan fingerprint density at radius 2 is 1.96 bits per heavy atom. The summed E-state index contributed by atoms with van der Waals surface area (Å²) in [6, 6.07) is 7.82. The zero-order valence-electron chi connectivity index (χ0n) is 15.1. The number of nitrogens with one attached hydrogen (secondary N) is 2. The Hall–Kier alpha value is -2.25. The van der Waals surface area contributed by atoms with E-state index in [0.717, 1.165) is 49.0 Å². The lowest BCUT2D eigenvalue weighted by molar-refractivity contribution is -0.140. The number of fused-ring (bicyclic) bond motifs is 1. The molecule has 2 aliphatic heterocycles. The van der Waals surface area contributed by atoms with Crippen LogP contribution in [0.1, 0.15) is 31.5 Å². The number of nitrogens with zero attached hydrogens (tertiary/aromatic N) is 3. The first-order valence-corrected chi connectivity index (χ1v) is 9.32. The molecule has 0 aliphatic carbocycles. The summed E-state index contributed by atoms with van der Waals surface area (Å²) < 4.78 is 7.78. The third kappa shape index (κ3) is 3.12. The average molecular weight is 355 g/mol. The first-order chi connectivity index (χ1) is 12.7. The van der Waals surface area contributed by atoms with Crippen molar-refractivity contribution in [3.05, 3.63) is 30.1 Å². The fourth-order valence-electron chi connectivity index (χ4n) is 3.82. The molecule has 0 saturated carbocycles. The molecule has 26 heavy (non-hydrogen) atoms. The number of benzene rings is 1. The number of piperidine rings is 1. The standard InChI is InChI=1S/C19H25N5O2/c1-26-19(9-11-20-12-10-19)18(25)21-15-7-5-14(6-8-15)17-23-22-16-4-2-3-13-24(16)17/h5-8,20H,2-4,9-13H2,1H3,(H,21,25). The second-order valence-corrected chi connectivity index (χ2v) is 7.03. The number of carbonyl (C=O) groups excluding carboxylic acids is 1. The molecule has 1 amide bonds. The fourth-order valence-corrected chi connectivity index (χ4v) is 3.82. The third-order valence-electron chi connectivity index (χ3n) is 5.48. The Bertz CT molecular complexity index is 778. The molecule has 1 saturated heterocycles. The first-order valence-electron chi connectivity index (χ1n) is 9.32. The molecule has 0 unspecified atom stereocenters. The molecule has 0 atom stereocenters. The van der Waals surface area contributed by atoms with E-state index in [2.05, 4.69) is 25.4 Å². The predicted octanol–water partition coefficient (Wildman–Crippen LogP) is 1.99. The monoisotopic (exact) mass is 355 g/mol. The molecular weight excluding hydrogens is 330 g/mol. The van der Waals surface area contributed by atoms with Crippen molar-refractivity contribution in [2.24, 2.45) is 0 Å². The van der Waals surface area contributed by atoms with Crippen LogP contribution in [0.15, 0.2) is 24.3 Å². The van der Waals surface area contributed by atoms with E-state index in [1.807, 2.05) is 24.3 Å². The van der Waals surface area contributed by atoms with E-state index >= 15 is 0 Å². The third-order valence-corrected chi connectivity index (χ3v) is 5.48. The van der Waals surface area contributed by atoms with Crippen LogP contribution in [-0.2, 0) is 22.5 Å². The smallest absolute Gasteiger partial charge is 0.256 e. The van der Waals surface area contributed by atoms with E-state index in [-0.39, 0.29) is 5.91 Å². The van der Waals surface area contributed by atoms with E-state index in [1.54, 1.807) is 7.11 Å². The maximum Gasteiger partial charge on any atom is 0.256 e. The van der Waals surface area contributed by atoms with Crippen molar-refractivity contribution in [3.8, 4) is 11.4 Å². The number of amides is 1. The highest BCUT2D eigenvalue weighted by atomic mass is 16.5. The molecule has 0 bridgehead atoms. The fraction of sp³-hybridized carbons (Fsp3) is 0.526. The molecule has 1 aromatic heterocycles. The summed E-state index contributed by atoms with van der Waals surface area (Å²) in [4.78, 5) is 12.7. The number of methoxy groups -OCH3 is 1. The van der Waals surface area contributed by atoms with Crippen LogP contribution in [-0.4, -0.2) is 46.5 Å². The maximum atomic E-state index is 12.7. The van der Waals surface area contributed by atoms with Crippen LogP contribution in [0, 0.1) is 0 Å². The molecule has 1 aromatic carbocycles. The molecular formula is C19H25N5O2. The average Bonchev–Trinajstić information content (AvgIpc) is 3.13. The van der Waals surface area contributed by atoms with Crippen LogP contribution in [0.5, 0.6) is 0 Å². The SMILES string of the molecule is COC1(C(=O)Nc2ccc(-c3nnc4n3CCCC4)cc2)CCNCC1. The lowest BCUT2D eigenvalue weighted by Gasteiger charge is -2.34. The summed E-state index contributed by atoms with van der Waals surface area (Å²) in [6.07, 6.45) is 4.70. The summed E-state index contributed by atoms with van der Waals surface area (Å²) in [6.45, 7) is 2.55. The van der Waals surface area contributed by atoms with Gasteiger partial charge in [0.05, 0.1) is 0 Å². The molecule has 7 nitrogen and oxygen atoms in total. The normalized spacial score (nSPS) is 19.0. The van der Waals surface area contributed by atoms with Crippen molar-refractivity contribution >= 4 is 11.6 Å². The molecule has 0 radical (unpaired) electrons. The van der Waals surface area contributed by atoms with Gasteiger partial charge in [0.25, 0.3) is 5.91 Å². The van der Waals surface area contributed by atoms with Gasteiger partial charge in [-0.1, -0.05) is 0 Å². The Kier molecular flexibility index (Phi) is 4.74. The Balaban J connectivity index is 1.49. The summed E-state index contributed by atoms with van der Waals surface area (Å²) >= 11 is 0. The minimum atomic E-state index is -0.740. The lowest BCUT2D eigenvalue weighted by Crippen LogP contribution is -2.51. The zero-order chi connectivity index (χ0) is 18.0. The van der Waals surface area contributed by atoms with Crippen LogP contribution in [0.4, 0.5) is 5.69 Å². The minimum absolute atomic E-state index is 0.0749. The number of anilines is 1. The molecule has 7 heteroatoms. The van der Waals surface area contributed by atoms with E-state index in [4.69, 9.17) is 4.74 Å². The van der Waals surface area contributed by atoms with Crippen molar-refractivity contribution < 1.29 is 9.53 Å². The molecule has 138 valence electrons. The van der Waals surface area contributed by atoms with Gasteiger partial charge < -0.3 is 19.9 Å². The van der Waals surface area contributed by atoms with Gasteiger partial charge in [0, 0.05) is 31.3 Å². The topological polar surface area (TPSA) is 81.1 Å². The van der Waals surface area contributed by atoms with Gasteiger partial charge in [0.1, 0.15) is 11.4 Å². The lowest BCUT2D eigenvalue weighted by atomic mass is 9.91. The van der Waals surface area contributed by atoms with Gasteiger partial charge in [-0.15, -0.1) is 10.2 Å². The van der Waals surface area contributed by atoms with Crippen molar-refractivity contribution in [1.82, 2.24) is 20.1 Å². The quantitative estimate of drug-likeness (QED) is 0.877. The van der Waals surface area contributed by atoms with Gasteiger partial charge in [0.2, 0.25) is 0 Å². The highest BCUT2D eigenvalue weighted by Gasteiger charge is 2.39. The van der Waals surface area contributed by atoms with Gasteiger partial charge in [-0.3, -0.25) is 4.79 Å². The molecule has 4 rings (SSSR count). The maximum absolute atomic E-state index is 12.7. The van der Waals surface area contributed by atoms with Gasteiger partial charge in [0.15, 0.2) is 5.82 Å². The number of aromatic nitrogens is 3. The van der Waals surface area contributed by atoms with Crippen LogP contribution in [0.2, 0.25) is 0 Å². The van der Waals surface area contributed by atoms with Gasteiger partial charge in [-0.2, -0.15) is 0 Å². The van der Waals surface area contributed by atoms with E-state index in [0.29, 0.717) is 12.8 Å². The van der Waals surface area contributed by atoms with Gasteiger partial charge in [-0.25, -0.2) is 0 Å². The number of hydrogen-bond acceptors (Lipinski definition) is 5. The molecule has 3 heterocycles. The first kappa shape index (κ1) is 17.2. The van der Waals surface area contributed by atoms with Crippen LogP contribution < -0.4 is 10.6 Å².